The van der Waals surface area contributed by atoms with Crippen LogP contribution in [0.3, 0.4) is 0 Å². The summed E-state index contributed by atoms with van der Waals surface area (Å²) in [7, 11) is 0. The van der Waals surface area contributed by atoms with Gasteiger partial charge in [-0.2, -0.15) is 0 Å². The number of alkyl halides is 2. The third kappa shape index (κ3) is 9.86. The topological polar surface area (TPSA) is 0 Å². The van der Waals surface area contributed by atoms with Gasteiger partial charge in [0.1, 0.15) is 0 Å². The van der Waals surface area contributed by atoms with Crippen molar-refractivity contribution >= 4 is 45.2 Å². The van der Waals surface area contributed by atoms with Crippen molar-refractivity contribution < 1.29 is 20.4 Å². The van der Waals surface area contributed by atoms with Crippen molar-refractivity contribution in [3.8, 4) is 0 Å². The molecule has 0 heterocycles. The second-order valence-electron chi connectivity index (χ2n) is 1.62. The summed E-state index contributed by atoms with van der Waals surface area (Å²) in [5.74, 6) is 0. The van der Waals surface area contributed by atoms with Crippen molar-refractivity contribution in [1.29, 1.82) is 0 Å². The molecule has 0 saturated heterocycles. The van der Waals surface area contributed by atoms with Crippen LogP contribution in [0.2, 0.25) is 0 Å². The van der Waals surface area contributed by atoms with E-state index in [0.29, 0.717) is 0 Å². The molecule has 0 aromatic rings. The molecule has 0 aromatic carbocycles. The van der Waals surface area contributed by atoms with Crippen molar-refractivity contribution in [3.05, 3.63) is 12.7 Å². The maximum atomic E-state index is 3.66. The normalized spacial score (nSPS) is 11.8. The Balaban J connectivity index is 0. The van der Waals surface area contributed by atoms with Gasteiger partial charge < -0.3 is 0 Å². The minimum absolute atomic E-state index is 0. The summed E-state index contributed by atoms with van der Waals surface area (Å²) in [4.78, 5) is 0. The van der Waals surface area contributed by atoms with Crippen LogP contribution in [-0.4, -0.2) is 8.35 Å². The molecule has 0 aliphatic heterocycles. The van der Waals surface area contributed by atoms with Crippen LogP contribution in [-0.2, 0) is 20.4 Å². The van der Waals surface area contributed by atoms with Crippen LogP contribution in [0.1, 0.15) is 12.8 Å². The molecule has 0 rings (SSSR count). The molecule has 0 nitrogen and oxygen atoms in total. The van der Waals surface area contributed by atoms with E-state index in [9.17, 15) is 0 Å². The average Bonchev–Trinajstić information content (AvgIpc) is 1.83. The molecule has 0 amide bonds. The molecule has 9 heavy (non-hydrogen) atoms. The third-order valence-electron chi connectivity index (χ3n) is 0.851. The van der Waals surface area contributed by atoms with Gasteiger partial charge in [0, 0.05) is 28.8 Å². The average molecular weight is 442 g/mol. The van der Waals surface area contributed by atoms with Crippen LogP contribution in [0, 0.1) is 0 Å². The minimum Gasteiger partial charge on any atom is -0.103 e. The Kier molecular flexibility index (Phi) is 14.7. The Bertz CT molecular complexity index is 66.1. The van der Waals surface area contributed by atoms with Gasteiger partial charge in [-0.3, -0.25) is 0 Å². The van der Waals surface area contributed by atoms with Crippen LogP contribution in [0.25, 0.3) is 0 Å². The zero-order chi connectivity index (χ0) is 6.41. The number of halogens is 2. The maximum absolute atomic E-state index is 3.66. The molecule has 0 bridgehead atoms. The zero-order valence-corrected chi connectivity index (χ0v) is 10.9. The first-order chi connectivity index (χ1) is 3.81. The zero-order valence-electron chi connectivity index (χ0n) is 5.06. The smallest absolute Gasteiger partial charge is 0.0202 e. The van der Waals surface area contributed by atoms with Crippen molar-refractivity contribution in [2.45, 2.75) is 16.8 Å². The summed E-state index contributed by atoms with van der Waals surface area (Å²) >= 11 is 4.88. The van der Waals surface area contributed by atoms with E-state index >= 15 is 0 Å². The number of hydrogen-bond donors (Lipinski definition) is 0. The van der Waals surface area contributed by atoms with E-state index in [1.807, 2.05) is 6.08 Å². The van der Waals surface area contributed by atoms with Crippen LogP contribution < -0.4 is 0 Å². The molecule has 0 saturated carbocycles. The van der Waals surface area contributed by atoms with E-state index in [1.165, 1.54) is 10.8 Å². The van der Waals surface area contributed by atoms with E-state index in [-0.39, 0.29) is 20.4 Å². The molecule has 3 heteroatoms. The largest absolute Gasteiger partial charge is 0.103 e. The van der Waals surface area contributed by atoms with Gasteiger partial charge >= 0.3 is 0 Å². The summed E-state index contributed by atoms with van der Waals surface area (Å²) in [5, 5.41) is 0. The Morgan fingerprint density at radius 2 is 2.11 bits per heavy atom. The van der Waals surface area contributed by atoms with E-state index in [0.717, 1.165) is 10.3 Å². The standard InChI is InChI=1S/C6H10I2.Pd/c1-2-3-4-6(8)5-7;/h2,6H,1,3-5H2;. The van der Waals surface area contributed by atoms with Crippen LogP contribution in [0.4, 0.5) is 0 Å². The molecule has 0 radical (unpaired) electrons. The molecule has 58 valence electrons. The van der Waals surface area contributed by atoms with Crippen molar-refractivity contribution in [1.82, 2.24) is 0 Å². The SMILES string of the molecule is C=CCCC(I)CI.[Pd]. The monoisotopic (exact) mass is 442 g/mol. The molecule has 0 aromatic heterocycles. The van der Waals surface area contributed by atoms with Crippen molar-refractivity contribution in [3.63, 3.8) is 0 Å². The van der Waals surface area contributed by atoms with Gasteiger partial charge in [0.2, 0.25) is 0 Å². The molecule has 0 fully saturated rings. The fourth-order valence-corrected chi connectivity index (χ4v) is 1.18. The van der Waals surface area contributed by atoms with Gasteiger partial charge in [-0.05, 0) is 12.8 Å². The van der Waals surface area contributed by atoms with E-state index < -0.39 is 0 Å². The van der Waals surface area contributed by atoms with Gasteiger partial charge in [-0.1, -0.05) is 51.3 Å². The van der Waals surface area contributed by atoms with E-state index in [4.69, 9.17) is 0 Å². The second-order valence-corrected chi connectivity index (χ2v) is 4.26. The van der Waals surface area contributed by atoms with Gasteiger partial charge in [0.15, 0.2) is 0 Å². The molecular weight excluding hydrogens is 432 g/mol. The summed E-state index contributed by atoms with van der Waals surface area (Å²) in [6, 6.07) is 0. The fourth-order valence-electron chi connectivity index (χ4n) is 0.376. The Hall–Kier alpha value is 1.86. The molecule has 0 aliphatic rings. The van der Waals surface area contributed by atoms with Crippen molar-refractivity contribution in [2.24, 2.45) is 0 Å². The summed E-state index contributed by atoms with van der Waals surface area (Å²) in [6.07, 6.45) is 4.43. The van der Waals surface area contributed by atoms with E-state index in [2.05, 4.69) is 51.8 Å². The van der Waals surface area contributed by atoms with Gasteiger partial charge in [0.05, 0.1) is 0 Å². The Labute approximate surface area is 98.2 Å². The number of hydrogen-bond acceptors (Lipinski definition) is 0. The van der Waals surface area contributed by atoms with Crippen LogP contribution in [0.5, 0.6) is 0 Å². The minimum atomic E-state index is 0. The maximum Gasteiger partial charge on any atom is 0.0202 e. The quantitative estimate of drug-likeness (QED) is 0.272. The molecule has 0 N–H and O–H groups in total. The number of rotatable bonds is 4. The first-order valence-corrected chi connectivity index (χ1v) is 5.39. The predicted octanol–water partition coefficient (Wildman–Crippen LogP) is 3.19. The third-order valence-corrected chi connectivity index (χ3v) is 4.66. The molecule has 0 spiro atoms. The molecular formula is C6H10I2Pd. The summed E-state index contributed by atoms with van der Waals surface area (Å²) in [5.41, 5.74) is 0. The Morgan fingerprint density at radius 1 is 1.56 bits per heavy atom. The van der Waals surface area contributed by atoms with Gasteiger partial charge in [-0.15, -0.1) is 6.58 Å². The second kappa shape index (κ2) is 9.86. The summed E-state index contributed by atoms with van der Waals surface area (Å²) in [6.45, 7) is 3.66. The van der Waals surface area contributed by atoms with Crippen LogP contribution in [0.15, 0.2) is 12.7 Å². The fraction of sp³-hybridized carbons (Fsp3) is 0.667. The van der Waals surface area contributed by atoms with E-state index in [1.54, 1.807) is 0 Å². The van der Waals surface area contributed by atoms with Gasteiger partial charge in [0.25, 0.3) is 0 Å². The Morgan fingerprint density at radius 3 is 2.44 bits per heavy atom. The molecule has 1 unspecified atom stereocenters. The molecule has 0 aliphatic carbocycles. The van der Waals surface area contributed by atoms with Crippen molar-refractivity contribution in [2.75, 3.05) is 4.43 Å². The van der Waals surface area contributed by atoms with Crippen LogP contribution >= 0.6 is 45.2 Å². The van der Waals surface area contributed by atoms with Gasteiger partial charge in [-0.25, -0.2) is 0 Å². The number of allylic oxidation sites excluding steroid dienone is 1. The first-order valence-electron chi connectivity index (χ1n) is 2.62. The summed E-state index contributed by atoms with van der Waals surface area (Å²) < 4.78 is 2.10. The molecule has 1 atom stereocenters. The predicted molar refractivity (Wildman–Crippen MR) is 56.1 cm³/mol. The first kappa shape index (κ1) is 13.5.